The zero-order valence-corrected chi connectivity index (χ0v) is 15.7. The lowest BCUT2D eigenvalue weighted by Gasteiger charge is -2.19. The molecule has 1 atom stereocenters. The van der Waals surface area contributed by atoms with Crippen LogP contribution in [0.25, 0.3) is 11.0 Å². The van der Waals surface area contributed by atoms with Crippen LogP contribution < -0.4 is 0 Å². The van der Waals surface area contributed by atoms with E-state index in [1.165, 1.54) is 4.68 Å². The van der Waals surface area contributed by atoms with Crippen LogP contribution in [0.2, 0.25) is 0 Å². The molecule has 3 heterocycles. The van der Waals surface area contributed by atoms with Crippen molar-refractivity contribution in [3.05, 3.63) is 24.0 Å². The van der Waals surface area contributed by atoms with Crippen LogP contribution in [0.3, 0.4) is 0 Å². The molecule has 138 valence electrons. The molecular formula is C18H23N5O3. The second-order valence-corrected chi connectivity index (χ2v) is 7.12. The summed E-state index contributed by atoms with van der Waals surface area (Å²) in [5.41, 5.74) is 1.49. The Balaban J connectivity index is 1.97. The van der Waals surface area contributed by atoms with Gasteiger partial charge in [-0.15, -0.1) is 4.68 Å². The minimum atomic E-state index is -0.616. The van der Waals surface area contributed by atoms with Crippen LogP contribution in [0, 0.1) is 0 Å². The number of aromatic nitrogens is 3. The Kier molecular flexibility index (Phi) is 4.76. The van der Waals surface area contributed by atoms with Crippen LogP contribution in [0.1, 0.15) is 33.4 Å². The maximum Gasteiger partial charge on any atom is 0.437 e. The van der Waals surface area contributed by atoms with Gasteiger partial charge in [0.05, 0.1) is 18.8 Å². The monoisotopic (exact) mass is 357 g/mol. The van der Waals surface area contributed by atoms with Crippen molar-refractivity contribution in [2.75, 3.05) is 13.7 Å². The molecule has 0 aromatic carbocycles. The van der Waals surface area contributed by atoms with Crippen molar-refractivity contribution < 1.29 is 14.3 Å². The fraction of sp³-hybridized carbons (Fsp3) is 0.500. The first-order valence-corrected chi connectivity index (χ1v) is 8.46. The van der Waals surface area contributed by atoms with Gasteiger partial charge in [-0.3, -0.25) is 4.99 Å². The first-order chi connectivity index (χ1) is 12.3. The highest BCUT2D eigenvalue weighted by Crippen LogP contribution is 2.21. The molecule has 1 aliphatic heterocycles. The minimum Gasteiger partial charge on any atom is -0.483 e. The predicted octanol–water partition coefficient (Wildman–Crippen LogP) is 2.65. The number of hydrogen-bond acceptors (Lipinski definition) is 7. The SMILES string of the molecule is COC1=N[C@@H](Cc2nn(C(=O)OC(C)(C)C)c3ncccc23)C(C)=NC1. The molecule has 0 unspecified atom stereocenters. The summed E-state index contributed by atoms with van der Waals surface area (Å²) in [6.45, 7) is 7.83. The van der Waals surface area contributed by atoms with Gasteiger partial charge < -0.3 is 9.47 Å². The van der Waals surface area contributed by atoms with Gasteiger partial charge in [0.25, 0.3) is 0 Å². The fourth-order valence-corrected chi connectivity index (χ4v) is 2.70. The highest BCUT2D eigenvalue weighted by atomic mass is 16.6. The van der Waals surface area contributed by atoms with E-state index in [0.29, 0.717) is 24.5 Å². The predicted molar refractivity (Wildman–Crippen MR) is 99.1 cm³/mol. The summed E-state index contributed by atoms with van der Waals surface area (Å²) < 4.78 is 11.9. The number of hydrogen-bond donors (Lipinski definition) is 0. The van der Waals surface area contributed by atoms with Crippen LogP contribution in [-0.4, -0.2) is 57.8 Å². The number of ether oxygens (including phenoxy) is 2. The number of rotatable bonds is 2. The van der Waals surface area contributed by atoms with Gasteiger partial charge >= 0.3 is 6.09 Å². The molecule has 2 aromatic rings. The molecule has 3 rings (SSSR count). The zero-order valence-electron chi connectivity index (χ0n) is 15.7. The third-order valence-electron chi connectivity index (χ3n) is 3.95. The van der Waals surface area contributed by atoms with Crippen molar-refractivity contribution in [1.82, 2.24) is 14.8 Å². The minimum absolute atomic E-state index is 0.177. The van der Waals surface area contributed by atoms with E-state index in [-0.39, 0.29) is 6.04 Å². The van der Waals surface area contributed by atoms with Crippen LogP contribution in [0.5, 0.6) is 0 Å². The van der Waals surface area contributed by atoms with Crippen molar-refractivity contribution in [3.63, 3.8) is 0 Å². The number of carbonyl (C=O) groups is 1. The van der Waals surface area contributed by atoms with Crippen LogP contribution in [-0.2, 0) is 15.9 Å². The summed E-state index contributed by atoms with van der Waals surface area (Å²) in [5, 5.41) is 5.26. The molecule has 0 spiro atoms. The summed E-state index contributed by atoms with van der Waals surface area (Å²) in [6, 6.07) is 3.53. The maximum atomic E-state index is 12.5. The number of nitrogens with zero attached hydrogens (tertiary/aromatic N) is 5. The van der Waals surface area contributed by atoms with E-state index in [0.717, 1.165) is 16.8 Å². The first kappa shape index (κ1) is 18.0. The first-order valence-electron chi connectivity index (χ1n) is 8.46. The van der Waals surface area contributed by atoms with Crippen LogP contribution in [0.4, 0.5) is 4.79 Å². The van der Waals surface area contributed by atoms with Crippen molar-refractivity contribution in [1.29, 1.82) is 0 Å². The summed E-state index contributed by atoms with van der Waals surface area (Å²) >= 11 is 0. The van der Waals surface area contributed by atoms with E-state index in [2.05, 4.69) is 20.1 Å². The van der Waals surface area contributed by atoms with E-state index in [1.54, 1.807) is 13.3 Å². The molecular weight excluding hydrogens is 334 g/mol. The van der Waals surface area contributed by atoms with E-state index < -0.39 is 11.7 Å². The second kappa shape index (κ2) is 6.86. The zero-order chi connectivity index (χ0) is 18.9. The third-order valence-corrected chi connectivity index (χ3v) is 3.95. The molecule has 0 aliphatic carbocycles. The molecule has 8 heteroatoms. The maximum absolute atomic E-state index is 12.5. The summed E-state index contributed by atoms with van der Waals surface area (Å²) in [5.74, 6) is 0.592. The van der Waals surface area contributed by atoms with Gasteiger partial charge in [-0.2, -0.15) is 5.10 Å². The van der Waals surface area contributed by atoms with Gasteiger partial charge in [0.1, 0.15) is 12.1 Å². The summed E-state index contributed by atoms with van der Waals surface area (Å²) in [7, 11) is 1.59. The second-order valence-electron chi connectivity index (χ2n) is 7.12. The molecule has 0 N–H and O–H groups in total. The van der Waals surface area contributed by atoms with Crippen molar-refractivity contribution in [2.24, 2.45) is 9.98 Å². The number of aliphatic imine (C=N–C) groups is 2. The largest absolute Gasteiger partial charge is 0.483 e. The third kappa shape index (κ3) is 3.74. The Morgan fingerprint density at radius 1 is 1.38 bits per heavy atom. The molecule has 0 saturated heterocycles. The summed E-state index contributed by atoms with van der Waals surface area (Å²) in [6.07, 6.45) is 1.58. The topological polar surface area (TPSA) is 91.0 Å². The molecule has 8 nitrogen and oxygen atoms in total. The van der Waals surface area contributed by atoms with Crippen molar-refractivity contribution in [3.8, 4) is 0 Å². The number of fused-ring (bicyclic) bond motifs is 1. The van der Waals surface area contributed by atoms with Crippen molar-refractivity contribution >= 4 is 28.7 Å². The van der Waals surface area contributed by atoms with Gasteiger partial charge in [0.2, 0.25) is 5.90 Å². The average Bonchev–Trinajstić information content (AvgIpc) is 2.94. The lowest BCUT2D eigenvalue weighted by atomic mass is 10.0. The highest BCUT2D eigenvalue weighted by Gasteiger charge is 2.25. The Morgan fingerprint density at radius 2 is 2.15 bits per heavy atom. The Hall–Kier alpha value is -2.77. The van der Waals surface area contributed by atoms with E-state index in [9.17, 15) is 4.79 Å². The van der Waals surface area contributed by atoms with Gasteiger partial charge in [-0.1, -0.05) is 0 Å². The molecule has 0 fully saturated rings. The molecule has 0 saturated carbocycles. The van der Waals surface area contributed by atoms with Crippen LogP contribution >= 0.6 is 0 Å². The van der Waals surface area contributed by atoms with Gasteiger partial charge in [0, 0.05) is 23.7 Å². The van der Waals surface area contributed by atoms with Crippen LogP contribution in [0.15, 0.2) is 28.3 Å². The Morgan fingerprint density at radius 3 is 2.85 bits per heavy atom. The van der Waals surface area contributed by atoms with E-state index in [1.807, 2.05) is 39.8 Å². The van der Waals surface area contributed by atoms with Gasteiger partial charge in [-0.25, -0.2) is 14.8 Å². The molecule has 0 radical (unpaired) electrons. The van der Waals surface area contributed by atoms with Gasteiger partial charge in [0.15, 0.2) is 5.65 Å². The Bertz CT molecular complexity index is 892. The average molecular weight is 357 g/mol. The number of pyridine rings is 1. The Labute approximate surface area is 151 Å². The standard InChI is InChI=1S/C18H23N5O3/c1-11-13(21-15(25-5)10-20-11)9-14-12-7-6-8-19-16(12)23(22-14)17(24)26-18(2,3)4/h6-8,13H,9-10H2,1-5H3/t13-/m0/s1. The van der Waals surface area contributed by atoms with E-state index >= 15 is 0 Å². The van der Waals surface area contributed by atoms with Gasteiger partial charge in [-0.05, 0) is 39.8 Å². The molecule has 1 aliphatic rings. The quantitative estimate of drug-likeness (QED) is 0.824. The normalized spacial score (nSPS) is 17.7. The summed E-state index contributed by atoms with van der Waals surface area (Å²) in [4.78, 5) is 25.8. The highest BCUT2D eigenvalue weighted by molar-refractivity contribution is 5.95. The molecule has 26 heavy (non-hydrogen) atoms. The number of methoxy groups -OCH3 is 1. The molecule has 0 bridgehead atoms. The van der Waals surface area contributed by atoms with E-state index in [4.69, 9.17) is 9.47 Å². The smallest absolute Gasteiger partial charge is 0.437 e. The molecule has 2 aromatic heterocycles. The van der Waals surface area contributed by atoms with Crippen molar-refractivity contribution in [2.45, 2.75) is 45.8 Å². The lowest BCUT2D eigenvalue weighted by molar-refractivity contribution is 0.0521. The molecule has 0 amide bonds. The number of carbonyl (C=O) groups excluding carboxylic acids is 1. The lowest BCUT2D eigenvalue weighted by Crippen LogP contribution is -2.29. The fourth-order valence-electron chi connectivity index (χ4n) is 2.70.